The molecule has 94 valence electrons. The summed E-state index contributed by atoms with van der Waals surface area (Å²) in [6, 6.07) is 5.50. The standard InChI is InChI=1S/C11H11BrN4OS/c1-6-5-8(15-13-6)11(17)16-14-7(2)9-3-4-10(12)18-9/h3-5,14H,2H2,1H3,(H,13,15)(H,16,17). The Morgan fingerprint density at radius 2 is 2.28 bits per heavy atom. The third-order valence-corrected chi connectivity index (χ3v) is 3.82. The normalized spacial score (nSPS) is 10.1. The number of nitrogens with one attached hydrogen (secondary N) is 3. The summed E-state index contributed by atoms with van der Waals surface area (Å²) in [5.41, 5.74) is 7.10. The zero-order valence-corrected chi connectivity index (χ0v) is 12.0. The first-order valence-electron chi connectivity index (χ1n) is 5.09. The summed E-state index contributed by atoms with van der Waals surface area (Å²) in [5.74, 6) is -0.309. The van der Waals surface area contributed by atoms with Crippen molar-refractivity contribution in [2.75, 3.05) is 0 Å². The number of hydrogen-bond acceptors (Lipinski definition) is 4. The monoisotopic (exact) mass is 326 g/mol. The second-order valence-corrected chi connectivity index (χ2v) is 6.06. The predicted octanol–water partition coefficient (Wildman–Crippen LogP) is 2.45. The number of rotatable bonds is 4. The van der Waals surface area contributed by atoms with Crippen molar-refractivity contribution in [3.05, 3.63) is 44.8 Å². The maximum atomic E-state index is 11.7. The van der Waals surface area contributed by atoms with Crippen molar-refractivity contribution in [2.24, 2.45) is 0 Å². The molecular formula is C11H11BrN4OS. The molecule has 0 saturated carbocycles. The molecule has 5 nitrogen and oxygen atoms in total. The first kappa shape index (κ1) is 12.8. The van der Waals surface area contributed by atoms with Crippen molar-refractivity contribution in [3.8, 4) is 0 Å². The molecule has 18 heavy (non-hydrogen) atoms. The lowest BCUT2D eigenvalue weighted by Gasteiger charge is -2.07. The van der Waals surface area contributed by atoms with Gasteiger partial charge in [0.25, 0.3) is 5.91 Å². The Hall–Kier alpha value is -1.60. The molecule has 0 unspecified atom stereocenters. The fraction of sp³-hybridized carbons (Fsp3) is 0.0909. The van der Waals surface area contributed by atoms with E-state index in [1.54, 1.807) is 6.07 Å². The van der Waals surface area contributed by atoms with Crippen LogP contribution in [0.5, 0.6) is 0 Å². The van der Waals surface area contributed by atoms with E-state index in [4.69, 9.17) is 0 Å². The van der Waals surface area contributed by atoms with Crippen LogP contribution in [0.15, 0.2) is 28.6 Å². The van der Waals surface area contributed by atoms with E-state index in [0.717, 1.165) is 14.4 Å². The highest BCUT2D eigenvalue weighted by molar-refractivity contribution is 9.11. The molecule has 0 aliphatic heterocycles. The lowest BCUT2D eigenvalue weighted by molar-refractivity contribution is 0.0937. The van der Waals surface area contributed by atoms with Crippen LogP contribution in [0.4, 0.5) is 0 Å². The molecule has 0 bridgehead atoms. The van der Waals surface area contributed by atoms with Crippen LogP contribution in [0.3, 0.4) is 0 Å². The molecule has 0 fully saturated rings. The number of amides is 1. The number of carbonyl (C=O) groups excluding carboxylic acids is 1. The Bertz CT molecular complexity index is 537. The molecule has 7 heteroatoms. The van der Waals surface area contributed by atoms with Crippen molar-refractivity contribution >= 4 is 38.9 Å². The van der Waals surface area contributed by atoms with E-state index >= 15 is 0 Å². The Kier molecular flexibility index (Phi) is 3.83. The van der Waals surface area contributed by atoms with Crippen LogP contribution in [0.1, 0.15) is 21.1 Å². The summed E-state index contributed by atoms with van der Waals surface area (Å²) in [6.07, 6.45) is 0. The number of aromatic nitrogens is 2. The number of nitrogens with zero attached hydrogens (tertiary/aromatic N) is 1. The third-order valence-electron chi connectivity index (χ3n) is 2.14. The molecule has 2 heterocycles. The summed E-state index contributed by atoms with van der Waals surface area (Å²) in [4.78, 5) is 12.6. The van der Waals surface area contributed by atoms with Crippen molar-refractivity contribution < 1.29 is 4.79 Å². The molecule has 0 saturated heterocycles. The van der Waals surface area contributed by atoms with E-state index in [1.807, 2.05) is 19.1 Å². The molecule has 2 aromatic heterocycles. The van der Waals surface area contributed by atoms with Gasteiger partial charge < -0.3 is 0 Å². The zero-order valence-electron chi connectivity index (χ0n) is 9.58. The van der Waals surface area contributed by atoms with Gasteiger partial charge in [0, 0.05) is 5.69 Å². The Labute approximate surface area is 116 Å². The van der Waals surface area contributed by atoms with Gasteiger partial charge in [-0.15, -0.1) is 11.3 Å². The number of hydrazine groups is 1. The van der Waals surface area contributed by atoms with Gasteiger partial charge in [0.05, 0.1) is 14.4 Å². The van der Waals surface area contributed by atoms with Crippen LogP contribution in [-0.2, 0) is 0 Å². The number of H-pyrrole nitrogens is 1. The summed E-state index contributed by atoms with van der Waals surface area (Å²) in [7, 11) is 0. The van der Waals surface area contributed by atoms with Gasteiger partial charge in [-0.1, -0.05) is 6.58 Å². The molecular weight excluding hydrogens is 316 g/mol. The maximum absolute atomic E-state index is 11.7. The van der Waals surface area contributed by atoms with Crippen molar-refractivity contribution in [3.63, 3.8) is 0 Å². The van der Waals surface area contributed by atoms with Gasteiger partial charge in [0.1, 0.15) is 0 Å². The van der Waals surface area contributed by atoms with Gasteiger partial charge in [-0.3, -0.25) is 20.7 Å². The zero-order chi connectivity index (χ0) is 13.1. The molecule has 2 aromatic rings. The maximum Gasteiger partial charge on any atom is 0.290 e. The minimum atomic E-state index is -0.309. The van der Waals surface area contributed by atoms with Gasteiger partial charge in [0.15, 0.2) is 5.69 Å². The number of hydrogen-bond donors (Lipinski definition) is 3. The number of aryl methyl sites for hydroxylation is 1. The molecule has 1 amide bonds. The highest BCUT2D eigenvalue weighted by Crippen LogP contribution is 2.25. The van der Waals surface area contributed by atoms with E-state index in [9.17, 15) is 4.79 Å². The highest BCUT2D eigenvalue weighted by atomic mass is 79.9. The fourth-order valence-corrected chi connectivity index (χ4v) is 2.58. The first-order chi connectivity index (χ1) is 8.56. The number of aromatic amines is 1. The molecule has 0 aliphatic carbocycles. The van der Waals surface area contributed by atoms with Crippen LogP contribution in [-0.4, -0.2) is 16.1 Å². The summed E-state index contributed by atoms with van der Waals surface area (Å²) in [5, 5.41) is 6.57. The third kappa shape index (κ3) is 2.99. The van der Waals surface area contributed by atoms with Crippen molar-refractivity contribution in [1.29, 1.82) is 0 Å². The van der Waals surface area contributed by atoms with Crippen LogP contribution in [0, 0.1) is 6.92 Å². The van der Waals surface area contributed by atoms with Crippen LogP contribution < -0.4 is 10.9 Å². The van der Waals surface area contributed by atoms with E-state index in [2.05, 4.69) is 43.6 Å². The van der Waals surface area contributed by atoms with Gasteiger partial charge in [0.2, 0.25) is 0 Å². The van der Waals surface area contributed by atoms with Crippen LogP contribution in [0.25, 0.3) is 5.70 Å². The second-order valence-electron chi connectivity index (χ2n) is 3.60. The van der Waals surface area contributed by atoms with Crippen LogP contribution in [0.2, 0.25) is 0 Å². The fourth-order valence-electron chi connectivity index (χ4n) is 1.27. The van der Waals surface area contributed by atoms with E-state index in [-0.39, 0.29) is 5.91 Å². The van der Waals surface area contributed by atoms with Crippen molar-refractivity contribution in [2.45, 2.75) is 6.92 Å². The average Bonchev–Trinajstić information content (AvgIpc) is 2.94. The Morgan fingerprint density at radius 3 is 2.83 bits per heavy atom. The summed E-state index contributed by atoms with van der Waals surface area (Å²) < 4.78 is 1.01. The van der Waals surface area contributed by atoms with E-state index < -0.39 is 0 Å². The minimum absolute atomic E-state index is 0.309. The van der Waals surface area contributed by atoms with Crippen molar-refractivity contribution in [1.82, 2.24) is 21.0 Å². The quantitative estimate of drug-likeness (QED) is 0.756. The second kappa shape index (κ2) is 5.36. The number of carbonyl (C=O) groups is 1. The molecule has 0 spiro atoms. The number of thiophene rings is 1. The SMILES string of the molecule is C=C(NNC(=O)c1cc(C)[nH]n1)c1ccc(Br)s1. The molecule has 3 N–H and O–H groups in total. The average molecular weight is 327 g/mol. The minimum Gasteiger partial charge on any atom is -0.297 e. The first-order valence-corrected chi connectivity index (χ1v) is 6.70. The smallest absolute Gasteiger partial charge is 0.290 e. The van der Waals surface area contributed by atoms with E-state index in [1.165, 1.54) is 11.3 Å². The lowest BCUT2D eigenvalue weighted by Crippen LogP contribution is -2.35. The highest BCUT2D eigenvalue weighted by Gasteiger charge is 2.09. The molecule has 2 rings (SSSR count). The Morgan fingerprint density at radius 1 is 1.50 bits per heavy atom. The van der Waals surface area contributed by atoms with Gasteiger partial charge in [-0.05, 0) is 41.1 Å². The van der Waals surface area contributed by atoms with Gasteiger partial charge in [-0.2, -0.15) is 5.10 Å². The lowest BCUT2D eigenvalue weighted by atomic mass is 10.3. The topological polar surface area (TPSA) is 69.8 Å². The largest absolute Gasteiger partial charge is 0.297 e. The molecule has 0 atom stereocenters. The van der Waals surface area contributed by atoms with Gasteiger partial charge in [-0.25, -0.2) is 0 Å². The number of halogens is 1. The summed E-state index contributed by atoms with van der Waals surface area (Å²) in [6.45, 7) is 5.68. The predicted molar refractivity (Wildman–Crippen MR) is 75.0 cm³/mol. The van der Waals surface area contributed by atoms with Crippen LogP contribution >= 0.6 is 27.3 Å². The molecule has 0 aromatic carbocycles. The molecule has 0 aliphatic rings. The molecule has 0 radical (unpaired) electrons. The Balaban J connectivity index is 1.92. The summed E-state index contributed by atoms with van der Waals surface area (Å²) >= 11 is 4.90. The van der Waals surface area contributed by atoms with E-state index in [0.29, 0.717) is 11.4 Å². The van der Waals surface area contributed by atoms with Gasteiger partial charge >= 0.3 is 0 Å².